The zero-order valence-corrected chi connectivity index (χ0v) is 12.5. The van der Waals surface area contributed by atoms with Crippen LogP contribution in [0.15, 0.2) is 48.0 Å². The summed E-state index contributed by atoms with van der Waals surface area (Å²) < 4.78 is 9.55. The Balaban J connectivity index is 2.06. The summed E-state index contributed by atoms with van der Waals surface area (Å²) >= 11 is 0. The molecule has 112 valence electrons. The zero-order chi connectivity index (χ0) is 15.7. The van der Waals surface area contributed by atoms with E-state index in [1.165, 1.54) is 14.2 Å². The second-order valence-corrected chi connectivity index (χ2v) is 5.30. The van der Waals surface area contributed by atoms with Gasteiger partial charge in [-0.05, 0) is 21.9 Å². The molecule has 0 N–H and O–H groups in total. The van der Waals surface area contributed by atoms with Gasteiger partial charge in [0.1, 0.15) is 0 Å². The molecule has 2 aromatic rings. The summed E-state index contributed by atoms with van der Waals surface area (Å²) in [7, 11) is 2.56. The highest BCUT2D eigenvalue weighted by atomic mass is 16.5. The van der Waals surface area contributed by atoms with Gasteiger partial charge in [-0.3, -0.25) is 9.59 Å². The average molecular weight is 296 g/mol. The monoisotopic (exact) mass is 296 g/mol. The molecule has 3 rings (SSSR count). The molecule has 1 saturated carbocycles. The third-order valence-electron chi connectivity index (χ3n) is 4.10. The van der Waals surface area contributed by atoms with E-state index < -0.39 is 17.4 Å². The number of benzene rings is 2. The van der Waals surface area contributed by atoms with E-state index in [0.717, 1.165) is 21.9 Å². The number of esters is 2. The summed E-state index contributed by atoms with van der Waals surface area (Å²) in [5, 5.41) is 2.19. The van der Waals surface area contributed by atoms with Crippen molar-refractivity contribution in [3.05, 3.63) is 53.6 Å². The van der Waals surface area contributed by atoms with Crippen molar-refractivity contribution in [2.75, 3.05) is 14.2 Å². The molecular formula is C18H16O4. The van der Waals surface area contributed by atoms with Crippen molar-refractivity contribution in [1.82, 2.24) is 0 Å². The van der Waals surface area contributed by atoms with Crippen LogP contribution in [0.3, 0.4) is 0 Å². The molecule has 1 fully saturated rings. The summed E-state index contributed by atoms with van der Waals surface area (Å²) in [6.07, 6.45) is 2.23. The van der Waals surface area contributed by atoms with Crippen LogP contribution in [0.4, 0.5) is 0 Å². The number of carbonyl (C=O) groups excluding carboxylic acids is 2. The van der Waals surface area contributed by atoms with Gasteiger partial charge in [-0.15, -0.1) is 0 Å². The van der Waals surface area contributed by atoms with Crippen molar-refractivity contribution in [2.45, 2.75) is 6.42 Å². The molecule has 4 heteroatoms. The second kappa shape index (κ2) is 5.30. The Labute approximate surface area is 128 Å². The molecule has 0 amide bonds. The minimum atomic E-state index is -1.26. The molecule has 0 heterocycles. The molecular weight excluding hydrogens is 280 g/mol. The van der Waals surface area contributed by atoms with E-state index in [4.69, 9.17) is 9.47 Å². The lowest BCUT2D eigenvalue weighted by Crippen LogP contribution is -2.28. The zero-order valence-electron chi connectivity index (χ0n) is 12.5. The normalized spacial score (nSPS) is 17.3. The highest BCUT2D eigenvalue weighted by Crippen LogP contribution is 2.55. The maximum absolute atomic E-state index is 12.0. The van der Waals surface area contributed by atoms with E-state index in [1.54, 1.807) is 0 Å². The Morgan fingerprint density at radius 1 is 1.00 bits per heavy atom. The topological polar surface area (TPSA) is 52.6 Å². The van der Waals surface area contributed by atoms with Crippen molar-refractivity contribution < 1.29 is 19.1 Å². The van der Waals surface area contributed by atoms with Crippen molar-refractivity contribution in [2.24, 2.45) is 5.41 Å². The standard InChI is InChI=1S/C18H16O4/c1-21-16(19)18(17(20)22-2)11-14(18)10-13-8-5-7-12-6-3-4-9-15(12)13/h3-10H,11H2,1-2H3/b14-10+. The number of carbonyl (C=O) groups is 2. The quantitative estimate of drug-likeness (QED) is 0.645. The maximum atomic E-state index is 12.0. The number of hydrogen-bond acceptors (Lipinski definition) is 4. The number of rotatable bonds is 3. The van der Waals surface area contributed by atoms with Crippen LogP contribution >= 0.6 is 0 Å². The summed E-state index contributed by atoms with van der Waals surface area (Å²) in [5.41, 5.74) is 0.436. The van der Waals surface area contributed by atoms with Crippen LogP contribution < -0.4 is 0 Å². The van der Waals surface area contributed by atoms with E-state index in [2.05, 4.69) is 0 Å². The molecule has 1 aliphatic rings. The molecule has 0 radical (unpaired) electrons. The molecule has 0 unspecified atom stereocenters. The van der Waals surface area contributed by atoms with Gasteiger partial charge in [-0.2, -0.15) is 0 Å². The summed E-state index contributed by atoms with van der Waals surface area (Å²) in [6.45, 7) is 0. The predicted octanol–water partition coefficient (Wildman–Crippen LogP) is 2.96. The van der Waals surface area contributed by atoms with Gasteiger partial charge in [0.25, 0.3) is 0 Å². The van der Waals surface area contributed by atoms with E-state index in [0.29, 0.717) is 6.42 Å². The Morgan fingerprint density at radius 3 is 2.32 bits per heavy atom. The van der Waals surface area contributed by atoms with Crippen LogP contribution in [0, 0.1) is 5.41 Å². The van der Waals surface area contributed by atoms with Gasteiger partial charge in [0.05, 0.1) is 14.2 Å². The molecule has 0 bridgehead atoms. The first kappa shape index (κ1) is 14.3. The molecule has 1 aliphatic carbocycles. The largest absolute Gasteiger partial charge is 0.468 e. The van der Waals surface area contributed by atoms with E-state index in [-0.39, 0.29) is 0 Å². The van der Waals surface area contributed by atoms with Crippen LogP contribution in [-0.2, 0) is 19.1 Å². The maximum Gasteiger partial charge on any atom is 0.327 e. The lowest BCUT2D eigenvalue weighted by atomic mass is 10.0. The molecule has 22 heavy (non-hydrogen) atoms. The van der Waals surface area contributed by atoms with E-state index >= 15 is 0 Å². The fraction of sp³-hybridized carbons (Fsp3) is 0.222. The Hall–Kier alpha value is -2.62. The molecule has 2 aromatic carbocycles. The van der Waals surface area contributed by atoms with Crippen molar-refractivity contribution in [1.29, 1.82) is 0 Å². The molecule has 4 nitrogen and oxygen atoms in total. The molecule has 0 saturated heterocycles. The third-order valence-corrected chi connectivity index (χ3v) is 4.10. The number of methoxy groups -OCH3 is 2. The minimum absolute atomic E-state index is 0.343. The summed E-state index contributed by atoms with van der Waals surface area (Å²) in [5.74, 6) is -1.13. The highest BCUT2D eigenvalue weighted by molar-refractivity contribution is 6.10. The third kappa shape index (κ3) is 2.08. The first-order chi connectivity index (χ1) is 10.6. The second-order valence-electron chi connectivity index (χ2n) is 5.30. The number of fused-ring (bicyclic) bond motifs is 1. The summed E-state index contributed by atoms with van der Waals surface area (Å²) in [4.78, 5) is 24.0. The van der Waals surface area contributed by atoms with Crippen LogP contribution in [0.25, 0.3) is 16.8 Å². The van der Waals surface area contributed by atoms with E-state index in [1.807, 2.05) is 48.5 Å². The number of hydrogen-bond donors (Lipinski definition) is 0. The molecule has 0 aliphatic heterocycles. The minimum Gasteiger partial charge on any atom is -0.468 e. The average Bonchev–Trinajstić information content (AvgIpc) is 3.29. The Bertz CT molecular complexity index is 767. The van der Waals surface area contributed by atoms with Gasteiger partial charge in [-0.25, -0.2) is 0 Å². The fourth-order valence-electron chi connectivity index (χ4n) is 2.82. The fourth-order valence-corrected chi connectivity index (χ4v) is 2.82. The Kier molecular flexibility index (Phi) is 3.45. The molecule has 0 aromatic heterocycles. The molecule has 0 spiro atoms. The first-order valence-corrected chi connectivity index (χ1v) is 6.99. The van der Waals surface area contributed by atoms with Crippen LogP contribution in [0.5, 0.6) is 0 Å². The smallest absolute Gasteiger partial charge is 0.327 e. The SMILES string of the molecule is COC(=O)C1(C(=O)OC)C/C1=C\c1cccc2ccccc12. The van der Waals surface area contributed by atoms with Gasteiger partial charge in [0.15, 0.2) is 5.41 Å². The van der Waals surface area contributed by atoms with Crippen LogP contribution in [0.1, 0.15) is 12.0 Å². The van der Waals surface area contributed by atoms with Gasteiger partial charge in [0, 0.05) is 6.42 Å². The lowest BCUT2D eigenvalue weighted by Gasteiger charge is -2.09. The van der Waals surface area contributed by atoms with Crippen LogP contribution in [-0.4, -0.2) is 26.2 Å². The highest BCUT2D eigenvalue weighted by Gasteiger charge is 2.64. The van der Waals surface area contributed by atoms with Crippen LogP contribution in [0.2, 0.25) is 0 Å². The molecule has 0 atom stereocenters. The summed E-state index contributed by atoms with van der Waals surface area (Å²) in [6, 6.07) is 13.9. The van der Waals surface area contributed by atoms with Gasteiger partial charge < -0.3 is 9.47 Å². The van der Waals surface area contributed by atoms with Gasteiger partial charge >= 0.3 is 11.9 Å². The van der Waals surface area contributed by atoms with Crippen molar-refractivity contribution in [3.63, 3.8) is 0 Å². The van der Waals surface area contributed by atoms with E-state index in [9.17, 15) is 9.59 Å². The first-order valence-electron chi connectivity index (χ1n) is 6.99. The predicted molar refractivity (Wildman–Crippen MR) is 83.0 cm³/mol. The van der Waals surface area contributed by atoms with Crippen molar-refractivity contribution >= 4 is 28.8 Å². The Morgan fingerprint density at radius 2 is 1.64 bits per heavy atom. The van der Waals surface area contributed by atoms with Gasteiger partial charge in [0.2, 0.25) is 0 Å². The lowest BCUT2D eigenvalue weighted by molar-refractivity contribution is -0.160. The van der Waals surface area contributed by atoms with Crippen molar-refractivity contribution in [3.8, 4) is 0 Å². The number of ether oxygens (including phenoxy) is 2. The van der Waals surface area contributed by atoms with Gasteiger partial charge in [-0.1, -0.05) is 48.5 Å².